The summed E-state index contributed by atoms with van der Waals surface area (Å²) in [6.45, 7) is 0.522. The Bertz CT molecular complexity index is 1150. The summed E-state index contributed by atoms with van der Waals surface area (Å²) < 4.78 is 5.81. The minimum atomic E-state index is 0.451. The first kappa shape index (κ1) is 19.0. The van der Waals surface area contributed by atoms with Gasteiger partial charge in [-0.25, -0.2) is 4.98 Å². The van der Waals surface area contributed by atoms with Crippen LogP contribution in [0.4, 0.5) is 23.1 Å². The van der Waals surface area contributed by atoms with Crippen LogP contribution < -0.4 is 15.4 Å². The molecule has 0 saturated heterocycles. The van der Waals surface area contributed by atoms with E-state index in [1.807, 2.05) is 72.8 Å². The Hall–Kier alpha value is -4.37. The molecule has 0 aliphatic heterocycles. The van der Waals surface area contributed by atoms with Crippen LogP contribution in [0.25, 0.3) is 0 Å². The van der Waals surface area contributed by atoms with Crippen LogP contribution in [0, 0.1) is 11.3 Å². The topological polar surface area (TPSA) is 82.9 Å². The standard InChI is InChI=1S/C24H19N5O/c25-16-19-8-4-5-9-22(19)28-23-14-15-26-24(29-23)27-20-10-12-21(13-11-20)30-17-18-6-2-1-3-7-18/h1-15H,17H2,(H2,26,27,28,29). The normalized spacial score (nSPS) is 10.1. The largest absolute Gasteiger partial charge is 0.489 e. The van der Waals surface area contributed by atoms with Gasteiger partial charge in [0.05, 0.1) is 11.3 Å². The molecule has 3 aromatic carbocycles. The van der Waals surface area contributed by atoms with Crippen molar-refractivity contribution in [3.63, 3.8) is 0 Å². The van der Waals surface area contributed by atoms with Crippen molar-refractivity contribution in [3.8, 4) is 11.8 Å². The van der Waals surface area contributed by atoms with E-state index >= 15 is 0 Å². The lowest BCUT2D eigenvalue weighted by Crippen LogP contribution is -2.01. The third kappa shape index (κ3) is 4.91. The maximum Gasteiger partial charge on any atom is 0.229 e. The number of nitriles is 1. The predicted molar refractivity (Wildman–Crippen MR) is 117 cm³/mol. The van der Waals surface area contributed by atoms with Crippen LogP contribution in [0.1, 0.15) is 11.1 Å². The third-order valence-corrected chi connectivity index (χ3v) is 4.32. The summed E-state index contributed by atoms with van der Waals surface area (Å²) in [5.74, 6) is 1.83. The predicted octanol–water partition coefficient (Wildman–Crippen LogP) is 5.41. The van der Waals surface area contributed by atoms with E-state index < -0.39 is 0 Å². The molecule has 2 N–H and O–H groups in total. The molecule has 4 rings (SSSR count). The molecule has 0 unspecified atom stereocenters. The number of benzene rings is 3. The molecule has 6 heteroatoms. The van der Waals surface area contributed by atoms with Crippen LogP contribution in [-0.2, 0) is 6.61 Å². The Balaban J connectivity index is 1.39. The molecule has 146 valence electrons. The van der Waals surface area contributed by atoms with Gasteiger partial charge in [-0.1, -0.05) is 42.5 Å². The Morgan fingerprint density at radius 3 is 2.40 bits per heavy atom. The van der Waals surface area contributed by atoms with Crippen molar-refractivity contribution < 1.29 is 4.74 Å². The average Bonchev–Trinajstić information content (AvgIpc) is 2.80. The fraction of sp³-hybridized carbons (Fsp3) is 0.0417. The average molecular weight is 393 g/mol. The highest BCUT2D eigenvalue weighted by atomic mass is 16.5. The van der Waals surface area contributed by atoms with Crippen molar-refractivity contribution in [1.82, 2.24) is 9.97 Å². The van der Waals surface area contributed by atoms with Gasteiger partial charge in [-0.05, 0) is 48.0 Å². The third-order valence-electron chi connectivity index (χ3n) is 4.32. The number of nitrogens with one attached hydrogen (secondary N) is 2. The number of aromatic nitrogens is 2. The lowest BCUT2D eigenvalue weighted by molar-refractivity contribution is 0.306. The number of hydrogen-bond donors (Lipinski definition) is 2. The smallest absolute Gasteiger partial charge is 0.229 e. The Morgan fingerprint density at radius 1 is 0.833 bits per heavy atom. The van der Waals surface area contributed by atoms with E-state index in [9.17, 15) is 5.26 Å². The summed E-state index contributed by atoms with van der Waals surface area (Å²) >= 11 is 0. The SMILES string of the molecule is N#Cc1ccccc1Nc1ccnc(Nc2ccc(OCc3ccccc3)cc2)n1. The molecule has 0 spiro atoms. The zero-order chi connectivity index (χ0) is 20.6. The van der Waals surface area contributed by atoms with Crippen molar-refractivity contribution in [1.29, 1.82) is 5.26 Å². The fourth-order valence-corrected chi connectivity index (χ4v) is 2.82. The van der Waals surface area contributed by atoms with Crippen molar-refractivity contribution >= 4 is 23.1 Å². The molecule has 0 atom stereocenters. The minimum absolute atomic E-state index is 0.451. The lowest BCUT2D eigenvalue weighted by atomic mass is 10.2. The van der Waals surface area contributed by atoms with Gasteiger partial charge in [-0.2, -0.15) is 10.2 Å². The highest BCUT2D eigenvalue weighted by molar-refractivity contribution is 5.65. The second-order valence-corrected chi connectivity index (χ2v) is 6.47. The molecule has 0 bridgehead atoms. The summed E-state index contributed by atoms with van der Waals surface area (Å²) in [5.41, 5.74) is 3.22. The number of anilines is 4. The molecule has 0 aliphatic carbocycles. The molecule has 30 heavy (non-hydrogen) atoms. The van der Waals surface area contributed by atoms with Gasteiger partial charge in [-0.3, -0.25) is 0 Å². The molecule has 0 aliphatic rings. The van der Waals surface area contributed by atoms with Crippen LogP contribution in [0.3, 0.4) is 0 Å². The maximum atomic E-state index is 9.23. The van der Waals surface area contributed by atoms with Gasteiger partial charge in [0.25, 0.3) is 0 Å². The molecule has 0 amide bonds. The molecule has 6 nitrogen and oxygen atoms in total. The maximum absolute atomic E-state index is 9.23. The molecule has 4 aromatic rings. The van der Waals surface area contributed by atoms with Crippen LogP contribution in [0.2, 0.25) is 0 Å². The van der Waals surface area contributed by atoms with E-state index in [-0.39, 0.29) is 0 Å². The first-order valence-electron chi connectivity index (χ1n) is 9.43. The summed E-state index contributed by atoms with van der Waals surface area (Å²) in [6.07, 6.45) is 1.66. The number of ether oxygens (including phenoxy) is 1. The molecule has 0 saturated carbocycles. The van der Waals surface area contributed by atoms with Gasteiger partial charge < -0.3 is 15.4 Å². The molecular weight excluding hydrogens is 374 g/mol. The fourth-order valence-electron chi connectivity index (χ4n) is 2.82. The lowest BCUT2D eigenvalue weighted by Gasteiger charge is -2.10. The zero-order valence-electron chi connectivity index (χ0n) is 16.1. The quantitative estimate of drug-likeness (QED) is 0.437. The minimum Gasteiger partial charge on any atom is -0.489 e. The Labute approximate surface area is 174 Å². The van der Waals surface area contributed by atoms with E-state index in [1.54, 1.807) is 18.3 Å². The molecule has 1 heterocycles. The summed E-state index contributed by atoms with van der Waals surface area (Å²) in [6, 6.07) is 28.8. The first-order valence-corrected chi connectivity index (χ1v) is 9.43. The van der Waals surface area contributed by atoms with E-state index in [0.717, 1.165) is 17.0 Å². The summed E-state index contributed by atoms with van der Waals surface area (Å²) in [7, 11) is 0. The van der Waals surface area contributed by atoms with Gasteiger partial charge in [0.1, 0.15) is 24.2 Å². The van der Waals surface area contributed by atoms with Crippen LogP contribution in [0.15, 0.2) is 91.1 Å². The number of rotatable bonds is 7. The van der Waals surface area contributed by atoms with E-state index in [4.69, 9.17) is 4.74 Å². The highest BCUT2D eigenvalue weighted by Crippen LogP contribution is 2.22. The van der Waals surface area contributed by atoms with E-state index in [1.165, 1.54) is 0 Å². The number of para-hydroxylation sites is 1. The van der Waals surface area contributed by atoms with E-state index in [0.29, 0.717) is 29.6 Å². The highest BCUT2D eigenvalue weighted by Gasteiger charge is 2.05. The molecule has 1 aromatic heterocycles. The van der Waals surface area contributed by atoms with Crippen molar-refractivity contribution in [2.24, 2.45) is 0 Å². The molecular formula is C24H19N5O. The van der Waals surface area contributed by atoms with Crippen molar-refractivity contribution in [2.75, 3.05) is 10.6 Å². The zero-order valence-corrected chi connectivity index (χ0v) is 16.1. The van der Waals surface area contributed by atoms with Gasteiger partial charge in [-0.15, -0.1) is 0 Å². The first-order chi connectivity index (χ1) is 14.8. The monoisotopic (exact) mass is 393 g/mol. The molecule has 0 fully saturated rings. The Kier molecular flexibility index (Phi) is 5.83. The van der Waals surface area contributed by atoms with Gasteiger partial charge in [0.15, 0.2) is 0 Å². The van der Waals surface area contributed by atoms with Crippen LogP contribution in [0.5, 0.6) is 5.75 Å². The van der Waals surface area contributed by atoms with Crippen LogP contribution >= 0.6 is 0 Å². The number of hydrogen-bond acceptors (Lipinski definition) is 6. The Morgan fingerprint density at radius 2 is 1.60 bits per heavy atom. The second-order valence-electron chi connectivity index (χ2n) is 6.47. The van der Waals surface area contributed by atoms with E-state index in [2.05, 4.69) is 26.7 Å². The van der Waals surface area contributed by atoms with Gasteiger partial charge in [0.2, 0.25) is 5.95 Å². The summed E-state index contributed by atoms with van der Waals surface area (Å²) in [5, 5.41) is 15.6. The summed E-state index contributed by atoms with van der Waals surface area (Å²) in [4.78, 5) is 8.72. The number of nitrogens with zero attached hydrogens (tertiary/aromatic N) is 3. The van der Waals surface area contributed by atoms with Gasteiger partial charge in [0, 0.05) is 11.9 Å². The van der Waals surface area contributed by atoms with Crippen molar-refractivity contribution in [2.45, 2.75) is 6.61 Å². The molecule has 0 radical (unpaired) electrons. The van der Waals surface area contributed by atoms with Crippen molar-refractivity contribution in [3.05, 3.63) is 102 Å². The van der Waals surface area contributed by atoms with Crippen LogP contribution in [-0.4, -0.2) is 9.97 Å². The van der Waals surface area contributed by atoms with Gasteiger partial charge >= 0.3 is 0 Å². The second kappa shape index (κ2) is 9.22.